The minimum atomic E-state index is -2.73. The van der Waals surface area contributed by atoms with Crippen molar-refractivity contribution in [3.8, 4) is 0 Å². The first-order valence-electron chi connectivity index (χ1n) is 6.68. The van der Waals surface area contributed by atoms with Crippen molar-refractivity contribution >= 4 is 33.4 Å². The molecule has 6 fully saturated rings. The van der Waals surface area contributed by atoms with Crippen molar-refractivity contribution in [2.24, 2.45) is 35.5 Å². The molecule has 0 aromatic rings. The minimum Gasteiger partial charge on any atom is -0.228 e. The van der Waals surface area contributed by atoms with Crippen LogP contribution < -0.4 is 0 Å². The average molecular weight is 286 g/mol. The first kappa shape index (κ1) is 9.54. The molecule has 17 heavy (non-hydrogen) atoms. The maximum Gasteiger partial charge on any atom is 0.157 e. The maximum atomic E-state index is 12.6. The van der Waals surface area contributed by atoms with Crippen LogP contribution >= 0.6 is 23.5 Å². The van der Waals surface area contributed by atoms with Crippen LogP contribution in [0.4, 0.5) is 0 Å². The fraction of sp³-hybridized carbons (Fsp3) is 1.00. The third-order valence-electron chi connectivity index (χ3n) is 6.79. The zero-order valence-electron chi connectivity index (χ0n) is 9.28. The van der Waals surface area contributed by atoms with E-state index in [0.29, 0.717) is 27.8 Å². The van der Waals surface area contributed by atoms with E-state index >= 15 is 0 Å². The van der Waals surface area contributed by atoms with Crippen molar-refractivity contribution < 1.29 is 8.42 Å². The first-order valence-corrected chi connectivity index (χ1v) is 10.3. The summed E-state index contributed by atoms with van der Waals surface area (Å²) in [6, 6.07) is 0. The monoisotopic (exact) mass is 286 g/mol. The van der Waals surface area contributed by atoms with Crippen molar-refractivity contribution in [2.75, 3.05) is 11.5 Å². The van der Waals surface area contributed by atoms with Gasteiger partial charge in [0.1, 0.15) is 0 Å². The summed E-state index contributed by atoms with van der Waals surface area (Å²) in [5.41, 5.74) is 0. The lowest BCUT2D eigenvalue weighted by molar-refractivity contribution is 0.102. The smallest absolute Gasteiger partial charge is 0.157 e. The van der Waals surface area contributed by atoms with E-state index in [1.165, 1.54) is 17.9 Å². The van der Waals surface area contributed by atoms with E-state index < -0.39 is 9.84 Å². The lowest BCUT2D eigenvalue weighted by Gasteiger charge is -2.50. The summed E-state index contributed by atoms with van der Waals surface area (Å²) in [7, 11) is -2.73. The number of hydrogen-bond acceptors (Lipinski definition) is 4. The second kappa shape index (κ2) is 2.35. The van der Waals surface area contributed by atoms with Gasteiger partial charge >= 0.3 is 0 Å². The summed E-state index contributed by atoms with van der Waals surface area (Å²) in [6.07, 6.45) is 1.26. The molecule has 0 amide bonds. The van der Waals surface area contributed by atoms with Crippen LogP contribution in [0.2, 0.25) is 0 Å². The first-order chi connectivity index (χ1) is 8.18. The van der Waals surface area contributed by atoms with Gasteiger partial charge in [-0.05, 0) is 30.1 Å². The van der Waals surface area contributed by atoms with Gasteiger partial charge in [0.25, 0.3) is 0 Å². The number of rotatable bonds is 0. The molecule has 1 spiro atoms. The van der Waals surface area contributed by atoms with Crippen molar-refractivity contribution in [1.82, 2.24) is 0 Å². The highest BCUT2D eigenvalue weighted by Crippen LogP contribution is 2.87. The lowest BCUT2D eigenvalue weighted by atomic mass is 9.64. The Bertz CT molecular complexity index is 550. The quantitative estimate of drug-likeness (QED) is 0.675. The molecule has 6 rings (SSSR count). The predicted octanol–water partition coefficient (Wildman–Crippen LogP) is 1.47. The number of thioether (sulfide) groups is 2. The number of sulfone groups is 1. The molecule has 5 heteroatoms. The van der Waals surface area contributed by atoms with Gasteiger partial charge in [0.2, 0.25) is 0 Å². The molecular formula is C12H14O2S3. The van der Waals surface area contributed by atoms with Gasteiger partial charge in [0, 0.05) is 23.3 Å². The van der Waals surface area contributed by atoms with Crippen molar-refractivity contribution in [3.05, 3.63) is 0 Å². The average Bonchev–Trinajstić information content (AvgIpc) is 2.86. The van der Waals surface area contributed by atoms with Crippen molar-refractivity contribution in [2.45, 2.75) is 21.0 Å². The minimum absolute atomic E-state index is 0.0931. The van der Waals surface area contributed by atoms with Crippen LogP contribution in [0.25, 0.3) is 0 Å². The Morgan fingerprint density at radius 1 is 0.941 bits per heavy atom. The normalized spacial score (nSPS) is 69.4. The second-order valence-electron chi connectivity index (χ2n) is 6.71. The molecule has 2 heterocycles. The molecule has 0 radical (unpaired) electrons. The van der Waals surface area contributed by atoms with Crippen LogP contribution in [-0.4, -0.2) is 34.5 Å². The Balaban J connectivity index is 1.69. The summed E-state index contributed by atoms with van der Waals surface area (Å²) >= 11 is 4.28. The molecule has 0 unspecified atom stereocenters. The largest absolute Gasteiger partial charge is 0.228 e. The Labute approximate surface area is 110 Å². The highest BCUT2D eigenvalue weighted by atomic mass is 32.2. The molecule has 2 saturated heterocycles. The van der Waals surface area contributed by atoms with Gasteiger partial charge in [-0.3, -0.25) is 0 Å². The summed E-state index contributed by atoms with van der Waals surface area (Å²) in [5.74, 6) is 6.42. The predicted molar refractivity (Wildman–Crippen MR) is 69.7 cm³/mol. The Morgan fingerprint density at radius 3 is 2.47 bits per heavy atom. The van der Waals surface area contributed by atoms with Gasteiger partial charge in [0.15, 0.2) is 9.84 Å². The molecule has 92 valence electrons. The Hall–Kier alpha value is 0.650. The second-order valence-corrected chi connectivity index (χ2v) is 12.0. The highest BCUT2D eigenvalue weighted by Gasteiger charge is 2.90. The van der Waals surface area contributed by atoms with E-state index in [2.05, 4.69) is 23.5 Å². The van der Waals surface area contributed by atoms with Crippen LogP contribution in [0.3, 0.4) is 0 Å². The van der Waals surface area contributed by atoms with Crippen molar-refractivity contribution in [3.63, 3.8) is 0 Å². The van der Waals surface area contributed by atoms with E-state index in [1.54, 1.807) is 0 Å². The summed E-state index contributed by atoms with van der Waals surface area (Å²) < 4.78 is 25.6. The molecule has 2 bridgehead atoms. The summed E-state index contributed by atoms with van der Waals surface area (Å²) in [6.45, 7) is 0. The van der Waals surface area contributed by atoms with Gasteiger partial charge in [-0.1, -0.05) is 0 Å². The van der Waals surface area contributed by atoms with Gasteiger partial charge in [-0.2, -0.15) is 0 Å². The molecule has 0 N–H and O–H groups in total. The van der Waals surface area contributed by atoms with Gasteiger partial charge in [0.05, 0.1) is 14.6 Å². The Kier molecular flexibility index (Phi) is 1.32. The fourth-order valence-electron chi connectivity index (χ4n) is 6.86. The standard InChI is InChI=1S/C12H14O2S3/c13-17(14)10-5-3-4-6-7(5)11(17)9(6)12(8(4)10)15-1-2-16-12/h4-11H,1-3H2/t4-,5-,6+,7+,8-,9+,10+,11+/m0/s1. The SMILES string of the molecule is O=S1(=O)[C@@H]2[C@H]3C[C@H]4[C@@H]5[C@@H]3[C@@H]1[C@@H]5C1(SCCS1)[C@@H]42. The number of hydrogen-bond donors (Lipinski definition) is 0. The van der Waals surface area contributed by atoms with E-state index in [0.717, 1.165) is 11.8 Å². The maximum absolute atomic E-state index is 12.6. The molecule has 2 aliphatic heterocycles. The molecule has 6 aliphatic rings. The molecule has 8 atom stereocenters. The van der Waals surface area contributed by atoms with E-state index in [-0.39, 0.29) is 10.5 Å². The zero-order valence-corrected chi connectivity index (χ0v) is 11.7. The summed E-state index contributed by atoms with van der Waals surface area (Å²) in [4.78, 5) is 0. The van der Waals surface area contributed by atoms with E-state index in [4.69, 9.17) is 0 Å². The third kappa shape index (κ3) is 0.659. The molecule has 0 aromatic carbocycles. The van der Waals surface area contributed by atoms with E-state index in [1.807, 2.05) is 0 Å². The highest BCUT2D eigenvalue weighted by molar-refractivity contribution is 8.21. The lowest BCUT2D eigenvalue weighted by Crippen LogP contribution is -2.57. The fourth-order valence-corrected chi connectivity index (χ4v) is 15.0. The van der Waals surface area contributed by atoms with Crippen LogP contribution in [0.5, 0.6) is 0 Å². The van der Waals surface area contributed by atoms with Crippen LogP contribution in [-0.2, 0) is 9.84 Å². The van der Waals surface area contributed by atoms with Gasteiger partial charge < -0.3 is 0 Å². The van der Waals surface area contributed by atoms with E-state index in [9.17, 15) is 8.42 Å². The third-order valence-corrected chi connectivity index (χ3v) is 13.3. The number of fused-ring (bicyclic) bond motifs is 4. The molecular weight excluding hydrogens is 272 g/mol. The van der Waals surface area contributed by atoms with Crippen LogP contribution in [0, 0.1) is 35.5 Å². The molecule has 4 saturated carbocycles. The molecule has 0 aromatic heterocycles. The topological polar surface area (TPSA) is 34.1 Å². The van der Waals surface area contributed by atoms with Gasteiger partial charge in [-0.25, -0.2) is 8.42 Å². The van der Waals surface area contributed by atoms with Crippen LogP contribution in [0.1, 0.15) is 6.42 Å². The van der Waals surface area contributed by atoms with Crippen LogP contribution in [0.15, 0.2) is 0 Å². The Morgan fingerprint density at radius 2 is 1.71 bits per heavy atom. The zero-order chi connectivity index (χ0) is 11.2. The van der Waals surface area contributed by atoms with Gasteiger partial charge in [-0.15, -0.1) is 23.5 Å². The van der Waals surface area contributed by atoms with Crippen molar-refractivity contribution in [1.29, 1.82) is 0 Å². The molecule has 2 nitrogen and oxygen atoms in total. The molecule has 4 aliphatic carbocycles. The summed E-state index contributed by atoms with van der Waals surface area (Å²) in [5, 5.41) is 0.194.